The van der Waals surface area contributed by atoms with Crippen LogP contribution in [0.1, 0.15) is 11.1 Å². The van der Waals surface area contributed by atoms with Crippen LogP contribution in [-0.4, -0.2) is 30.0 Å². The molecule has 0 aliphatic carbocycles. The molecule has 18 heavy (non-hydrogen) atoms. The van der Waals surface area contributed by atoms with Gasteiger partial charge in [-0.15, -0.1) is 0 Å². The van der Waals surface area contributed by atoms with Gasteiger partial charge in [0.15, 0.2) is 0 Å². The molecule has 0 unspecified atom stereocenters. The lowest BCUT2D eigenvalue weighted by Crippen LogP contribution is -2.40. The van der Waals surface area contributed by atoms with Gasteiger partial charge in [0, 0.05) is 5.69 Å². The first-order valence-electron chi connectivity index (χ1n) is 5.46. The monoisotopic (exact) mass is 251 g/mol. The van der Waals surface area contributed by atoms with Crippen molar-refractivity contribution in [2.45, 2.75) is 13.5 Å². The minimum atomic E-state index is -0.540. The molecule has 0 aromatic heterocycles. The highest BCUT2D eigenvalue weighted by Crippen LogP contribution is 2.21. The number of rotatable bonds is 6. The summed E-state index contributed by atoms with van der Waals surface area (Å²) in [5.74, 6) is -1.08. The van der Waals surface area contributed by atoms with Crippen LogP contribution in [0, 0.1) is 6.92 Å². The number of hydrogen-bond donors (Lipinski definition) is 3. The predicted octanol–water partition coefficient (Wildman–Crippen LogP) is -0.736. The Kier molecular flexibility index (Phi) is 4.67. The van der Waals surface area contributed by atoms with Crippen molar-refractivity contribution in [3.05, 3.63) is 29.3 Å². The summed E-state index contributed by atoms with van der Waals surface area (Å²) in [6, 6.07) is 5.23. The Bertz CT molecular complexity index is 444. The van der Waals surface area contributed by atoms with E-state index in [1.165, 1.54) is 4.90 Å². The number of aryl methyl sites for hydroxylation is 1. The molecule has 0 heterocycles. The zero-order valence-electron chi connectivity index (χ0n) is 10.2. The number of carbonyl (C=O) groups excluding carboxylic acids is 2. The molecule has 0 spiro atoms. The van der Waals surface area contributed by atoms with E-state index in [-0.39, 0.29) is 19.7 Å². The van der Waals surface area contributed by atoms with Crippen molar-refractivity contribution in [2.24, 2.45) is 11.5 Å². The number of aliphatic hydroxyl groups excluding tert-OH is 1. The Morgan fingerprint density at radius 1 is 1.22 bits per heavy atom. The van der Waals surface area contributed by atoms with Crippen LogP contribution in [0.2, 0.25) is 0 Å². The van der Waals surface area contributed by atoms with Crippen LogP contribution in [0.4, 0.5) is 5.69 Å². The fourth-order valence-electron chi connectivity index (χ4n) is 1.77. The van der Waals surface area contributed by atoms with E-state index in [1.54, 1.807) is 18.2 Å². The summed E-state index contributed by atoms with van der Waals surface area (Å²) < 4.78 is 0. The van der Waals surface area contributed by atoms with Gasteiger partial charge >= 0.3 is 0 Å². The molecule has 1 aromatic carbocycles. The Morgan fingerprint density at radius 3 is 2.17 bits per heavy atom. The van der Waals surface area contributed by atoms with Gasteiger partial charge in [-0.2, -0.15) is 0 Å². The van der Waals surface area contributed by atoms with Crippen LogP contribution in [0.5, 0.6) is 0 Å². The normalized spacial score (nSPS) is 10.1. The molecule has 0 aliphatic rings. The topological polar surface area (TPSA) is 110 Å². The third-order valence-electron chi connectivity index (χ3n) is 2.48. The molecule has 0 atom stereocenters. The predicted molar refractivity (Wildman–Crippen MR) is 67.7 cm³/mol. The zero-order chi connectivity index (χ0) is 13.7. The first-order valence-corrected chi connectivity index (χ1v) is 5.46. The minimum absolute atomic E-state index is 0.0627. The second kappa shape index (κ2) is 6.02. The van der Waals surface area contributed by atoms with Crippen LogP contribution in [0.15, 0.2) is 18.2 Å². The Balaban J connectivity index is 3.03. The molecule has 0 saturated carbocycles. The summed E-state index contributed by atoms with van der Waals surface area (Å²) in [5, 5.41) is 9.02. The Labute approximate surface area is 105 Å². The average Bonchev–Trinajstić information content (AvgIpc) is 2.26. The number of aliphatic hydroxyl groups is 1. The van der Waals surface area contributed by atoms with Crippen molar-refractivity contribution in [2.75, 3.05) is 18.0 Å². The number of benzene rings is 1. The third-order valence-corrected chi connectivity index (χ3v) is 2.48. The number of carbonyl (C=O) groups is 2. The zero-order valence-corrected chi connectivity index (χ0v) is 10.2. The molecule has 5 N–H and O–H groups in total. The molecule has 0 fully saturated rings. The molecule has 6 nitrogen and oxygen atoms in total. The van der Waals surface area contributed by atoms with E-state index < -0.39 is 11.8 Å². The van der Waals surface area contributed by atoms with E-state index in [9.17, 15) is 9.59 Å². The SMILES string of the molecule is Cc1cc(CO)ccc1N(CC(N)=O)CC(N)=O. The second-order valence-electron chi connectivity index (χ2n) is 4.07. The maximum Gasteiger partial charge on any atom is 0.236 e. The van der Waals surface area contributed by atoms with E-state index in [1.807, 2.05) is 6.92 Å². The highest BCUT2D eigenvalue weighted by molar-refractivity contribution is 5.85. The highest BCUT2D eigenvalue weighted by Gasteiger charge is 2.14. The number of amides is 2. The fourth-order valence-corrected chi connectivity index (χ4v) is 1.77. The Hall–Kier alpha value is -2.08. The summed E-state index contributed by atoms with van der Waals surface area (Å²) in [4.78, 5) is 23.5. The lowest BCUT2D eigenvalue weighted by Gasteiger charge is -2.23. The highest BCUT2D eigenvalue weighted by atomic mass is 16.3. The molecular formula is C12H17N3O3. The summed E-state index contributed by atoms with van der Waals surface area (Å²) in [6.45, 7) is 1.60. The first kappa shape index (κ1) is 14.0. The third kappa shape index (κ3) is 3.74. The molecule has 2 amide bonds. The van der Waals surface area contributed by atoms with Crippen LogP contribution in [-0.2, 0) is 16.2 Å². The van der Waals surface area contributed by atoms with Gasteiger partial charge in [0.05, 0.1) is 19.7 Å². The quantitative estimate of drug-likeness (QED) is 0.618. The van der Waals surface area contributed by atoms with Crippen molar-refractivity contribution in [1.82, 2.24) is 0 Å². The number of hydrogen-bond acceptors (Lipinski definition) is 4. The maximum atomic E-state index is 11.0. The molecule has 1 aromatic rings. The molecule has 0 bridgehead atoms. The van der Waals surface area contributed by atoms with Crippen molar-refractivity contribution in [3.8, 4) is 0 Å². The number of anilines is 1. The van der Waals surface area contributed by atoms with Crippen LogP contribution in [0.3, 0.4) is 0 Å². The minimum Gasteiger partial charge on any atom is -0.392 e. The van der Waals surface area contributed by atoms with Gasteiger partial charge in [0.2, 0.25) is 11.8 Å². The van der Waals surface area contributed by atoms with Gasteiger partial charge in [0.25, 0.3) is 0 Å². The summed E-state index contributed by atoms with van der Waals surface area (Å²) in [7, 11) is 0. The summed E-state index contributed by atoms with van der Waals surface area (Å²) in [5.41, 5.74) is 12.6. The van der Waals surface area contributed by atoms with E-state index in [0.717, 1.165) is 11.1 Å². The van der Waals surface area contributed by atoms with Gasteiger partial charge < -0.3 is 21.5 Å². The fraction of sp³-hybridized carbons (Fsp3) is 0.333. The van der Waals surface area contributed by atoms with Crippen molar-refractivity contribution in [1.29, 1.82) is 0 Å². The lowest BCUT2D eigenvalue weighted by atomic mass is 10.1. The van der Waals surface area contributed by atoms with Crippen LogP contribution in [0.25, 0.3) is 0 Å². The molecule has 98 valence electrons. The molecule has 1 rings (SSSR count). The van der Waals surface area contributed by atoms with E-state index >= 15 is 0 Å². The number of primary amides is 2. The average molecular weight is 251 g/mol. The Morgan fingerprint density at radius 2 is 1.78 bits per heavy atom. The summed E-state index contributed by atoms with van der Waals surface area (Å²) >= 11 is 0. The van der Waals surface area contributed by atoms with Gasteiger partial charge in [-0.3, -0.25) is 9.59 Å². The number of nitrogens with two attached hydrogens (primary N) is 2. The standard InChI is InChI=1S/C12H17N3O3/c1-8-4-9(7-16)2-3-10(8)15(5-11(13)17)6-12(14)18/h2-4,16H,5-7H2,1H3,(H2,13,17)(H2,14,18). The second-order valence-corrected chi connectivity index (χ2v) is 4.07. The van der Waals surface area contributed by atoms with Crippen LogP contribution < -0.4 is 16.4 Å². The van der Waals surface area contributed by atoms with Gasteiger partial charge in [-0.25, -0.2) is 0 Å². The van der Waals surface area contributed by atoms with Crippen molar-refractivity contribution in [3.63, 3.8) is 0 Å². The van der Waals surface area contributed by atoms with Gasteiger partial charge in [0.1, 0.15) is 0 Å². The van der Waals surface area contributed by atoms with Gasteiger partial charge in [-0.1, -0.05) is 12.1 Å². The van der Waals surface area contributed by atoms with Crippen LogP contribution >= 0.6 is 0 Å². The molecule has 6 heteroatoms. The van der Waals surface area contributed by atoms with E-state index in [0.29, 0.717) is 5.69 Å². The van der Waals surface area contributed by atoms with E-state index in [4.69, 9.17) is 16.6 Å². The smallest absolute Gasteiger partial charge is 0.236 e. The first-order chi connectivity index (χ1) is 8.43. The number of nitrogens with zero attached hydrogens (tertiary/aromatic N) is 1. The van der Waals surface area contributed by atoms with E-state index in [2.05, 4.69) is 0 Å². The molecule has 0 aliphatic heterocycles. The molecule has 0 radical (unpaired) electrons. The molecular weight excluding hydrogens is 234 g/mol. The largest absolute Gasteiger partial charge is 0.392 e. The van der Waals surface area contributed by atoms with Crippen molar-refractivity contribution < 1.29 is 14.7 Å². The van der Waals surface area contributed by atoms with Crippen molar-refractivity contribution >= 4 is 17.5 Å². The van der Waals surface area contributed by atoms with Gasteiger partial charge in [-0.05, 0) is 24.1 Å². The summed E-state index contributed by atoms with van der Waals surface area (Å²) in [6.07, 6.45) is 0. The lowest BCUT2D eigenvalue weighted by molar-refractivity contribution is -0.117. The maximum absolute atomic E-state index is 11.0. The molecule has 0 saturated heterocycles.